The van der Waals surface area contributed by atoms with E-state index < -0.39 is 0 Å². The molecule has 3 rings (SSSR count). The van der Waals surface area contributed by atoms with Crippen molar-refractivity contribution in [1.82, 2.24) is 9.97 Å². The van der Waals surface area contributed by atoms with Crippen molar-refractivity contribution in [2.75, 3.05) is 23.7 Å². The molecule has 0 unspecified atom stereocenters. The van der Waals surface area contributed by atoms with Crippen LogP contribution >= 0.6 is 22.7 Å². The summed E-state index contributed by atoms with van der Waals surface area (Å²) in [5, 5.41) is 3.75. The van der Waals surface area contributed by atoms with Crippen molar-refractivity contribution in [3.63, 3.8) is 0 Å². The third-order valence-electron chi connectivity index (χ3n) is 2.92. The molecule has 0 spiro atoms. The van der Waals surface area contributed by atoms with Crippen molar-refractivity contribution >= 4 is 32.9 Å². The van der Waals surface area contributed by atoms with Crippen LogP contribution in [0.25, 0.3) is 10.6 Å². The van der Waals surface area contributed by atoms with E-state index in [-0.39, 0.29) is 0 Å². The molecule has 0 aromatic carbocycles. The lowest BCUT2D eigenvalue weighted by Gasteiger charge is -2.11. The van der Waals surface area contributed by atoms with Crippen LogP contribution in [0.2, 0.25) is 0 Å². The van der Waals surface area contributed by atoms with E-state index in [0.717, 1.165) is 34.5 Å². The fourth-order valence-electron chi connectivity index (χ4n) is 2.06. The first-order valence-electron chi connectivity index (χ1n) is 5.68. The van der Waals surface area contributed by atoms with E-state index in [2.05, 4.69) is 14.9 Å². The summed E-state index contributed by atoms with van der Waals surface area (Å²) in [6.45, 7) is 4.30. The lowest BCUT2D eigenvalue weighted by atomic mass is 10.3. The molecule has 2 N–H and O–H groups in total. The number of nitrogen functional groups attached to an aromatic ring is 1. The Hall–Kier alpha value is -1.14. The summed E-state index contributed by atoms with van der Waals surface area (Å²) in [5.74, 6) is 0. The van der Waals surface area contributed by atoms with Gasteiger partial charge in [0.05, 0.1) is 16.3 Å². The van der Waals surface area contributed by atoms with Crippen molar-refractivity contribution in [3.05, 3.63) is 11.1 Å². The first-order chi connectivity index (χ1) is 8.24. The zero-order valence-corrected chi connectivity index (χ0v) is 11.3. The van der Waals surface area contributed by atoms with Crippen molar-refractivity contribution in [2.45, 2.75) is 19.8 Å². The van der Waals surface area contributed by atoms with E-state index in [1.54, 1.807) is 11.3 Å². The maximum Gasteiger partial charge on any atom is 0.186 e. The Bertz CT molecular complexity index is 525. The molecular formula is C11H14N4S2. The van der Waals surface area contributed by atoms with Gasteiger partial charge in [0.1, 0.15) is 0 Å². The lowest BCUT2D eigenvalue weighted by Crippen LogP contribution is -2.17. The van der Waals surface area contributed by atoms with Crippen molar-refractivity contribution < 1.29 is 0 Å². The number of rotatable bonds is 2. The number of aryl methyl sites for hydroxylation is 1. The smallest absolute Gasteiger partial charge is 0.186 e. The van der Waals surface area contributed by atoms with Gasteiger partial charge in [-0.25, -0.2) is 9.97 Å². The number of nitrogens with zero attached hydrogens (tertiary/aromatic N) is 3. The van der Waals surface area contributed by atoms with Gasteiger partial charge in [0, 0.05) is 18.5 Å². The highest BCUT2D eigenvalue weighted by Gasteiger charge is 2.19. The van der Waals surface area contributed by atoms with E-state index in [4.69, 9.17) is 5.73 Å². The minimum Gasteiger partial charge on any atom is -0.375 e. The average molecular weight is 266 g/mol. The van der Waals surface area contributed by atoms with Crippen LogP contribution in [-0.2, 0) is 0 Å². The van der Waals surface area contributed by atoms with E-state index in [9.17, 15) is 0 Å². The molecule has 1 saturated heterocycles. The number of thiazole rings is 2. The van der Waals surface area contributed by atoms with Gasteiger partial charge in [0.2, 0.25) is 0 Å². The SMILES string of the molecule is Cc1nc(N2CCCC2)sc1-c1csc(N)n1. The van der Waals surface area contributed by atoms with Crippen LogP contribution < -0.4 is 10.6 Å². The quantitative estimate of drug-likeness (QED) is 0.908. The van der Waals surface area contributed by atoms with Gasteiger partial charge in [-0.2, -0.15) is 0 Å². The summed E-state index contributed by atoms with van der Waals surface area (Å²) in [6, 6.07) is 0. The molecule has 0 amide bonds. The van der Waals surface area contributed by atoms with E-state index in [0.29, 0.717) is 5.13 Å². The van der Waals surface area contributed by atoms with Crippen LogP contribution in [0.15, 0.2) is 5.38 Å². The third kappa shape index (κ3) is 2.02. The normalized spacial score (nSPS) is 15.7. The molecule has 4 nitrogen and oxygen atoms in total. The number of hydrogen-bond acceptors (Lipinski definition) is 6. The fraction of sp³-hybridized carbons (Fsp3) is 0.455. The van der Waals surface area contributed by atoms with Gasteiger partial charge in [-0.1, -0.05) is 11.3 Å². The Morgan fingerprint density at radius 3 is 2.71 bits per heavy atom. The summed E-state index contributed by atoms with van der Waals surface area (Å²) < 4.78 is 0. The van der Waals surface area contributed by atoms with Crippen LogP contribution in [0.3, 0.4) is 0 Å². The first kappa shape index (κ1) is 11.0. The first-order valence-corrected chi connectivity index (χ1v) is 7.37. The molecule has 2 aromatic heterocycles. The Kier molecular flexibility index (Phi) is 2.76. The van der Waals surface area contributed by atoms with Crippen LogP contribution in [0, 0.1) is 6.92 Å². The maximum absolute atomic E-state index is 5.68. The summed E-state index contributed by atoms with van der Waals surface area (Å²) in [7, 11) is 0. The highest BCUT2D eigenvalue weighted by molar-refractivity contribution is 7.19. The summed E-state index contributed by atoms with van der Waals surface area (Å²) in [4.78, 5) is 12.5. The Balaban J connectivity index is 1.95. The summed E-state index contributed by atoms with van der Waals surface area (Å²) in [6.07, 6.45) is 2.55. The molecule has 3 heterocycles. The molecule has 0 aliphatic carbocycles. The van der Waals surface area contributed by atoms with Gasteiger partial charge < -0.3 is 10.6 Å². The van der Waals surface area contributed by atoms with Gasteiger partial charge in [0.25, 0.3) is 0 Å². The van der Waals surface area contributed by atoms with Gasteiger partial charge in [0.15, 0.2) is 10.3 Å². The summed E-state index contributed by atoms with van der Waals surface area (Å²) >= 11 is 3.21. The molecule has 0 bridgehead atoms. The average Bonchev–Trinajstić information content (AvgIpc) is 2.97. The molecule has 0 radical (unpaired) electrons. The predicted molar refractivity (Wildman–Crippen MR) is 73.8 cm³/mol. The Labute approximate surface area is 108 Å². The number of hydrogen-bond donors (Lipinski definition) is 1. The van der Waals surface area contributed by atoms with Crippen molar-refractivity contribution in [2.24, 2.45) is 0 Å². The number of nitrogens with two attached hydrogens (primary N) is 1. The highest BCUT2D eigenvalue weighted by Crippen LogP contribution is 2.36. The van der Waals surface area contributed by atoms with Crippen LogP contribution in [0.1, 0.15) is 18.5 Å². The zero-order chi connectivity index (χ0) is 11.8. The summed E-state index contributed by atoms with van der Waals surface area (Å²) in [5.41, 5.74) is 7.70. The van der Waals surface area contributed by atoms with Gasteiger partial charge in [-0.05, 0) is 19.8 Å². The van der Waals surface area contributed by atoms with Crippen LogP contribution in [0.4, 0.5) is 10.3 Å². The second kappa shape index (κ2) is 4.27. The largest absolute Gasteiger partial charge is 0.375 e. The molecule has 0 atom stereocenters. The highest BCUT2D eigenvalue weighted by atomic mass is 32.1. The zero-order valence-electron chi connectivity index (χ0n) is 9.64. The second-order valence-corrected chi connectivity index (χ2v) is 6.04. The minimum atomic E-state index is 0.621. The molecule has 90 valence electrons. The van der Waals surface area contributed by atoms with E-state index in [1.165, 1.54) is 24.2 Å². The minimum absolute atomic E-state index is 0.621. The fourth-order valence-corrected chi connectivity index (χ4v) is 3.76. The molecule has 1 aliphatic rings. The number of aromatic nitrogens is 2. The lowest BCUT2D eigenvalue weighted by molar-refractivity contribution is 0.949. The Morgan fingerprint density at radius 1 is 1.29 bits per heavy atom. The van der Waals surface area contributed by atoms with Crippen molar-refractivity contribution in [3.8, 4) is 10.6 Å². The standard InChI is InChI=1S/C11H14N4S2/c1-7-9(8-6-16-10(12)14-8)17-11(13-7)15-4-2-3-5-15/h6H,2-5H2,1H3,(H2,12,14). The molecule has 1 aliphatic heterocycles. The molecule has 6 heteroatoms. The third-order valence-corrected chi connectivity index (χ3v) is 4.83. The Morgan fingerprint density at radius 2 is 2.06 bits per heavy atom. The molecule has 1 fully saturated rings. The molecule has 0 saturated carbocycles. The van der Waals surface area contributed by atoms with E-state index >= 15 is 0 Å². The van der Waals surface area contributed by atoms with Gasteiger partial charge >= 0.3 is 0 Å². The molecular weight excluding hydrogens is 252 g/mol. The van der Waals surface area contributed by atoms with Crippen molar-refractivity contribution in [1.29, 1.82) is 0 Å². The topological polar surface area (TPSA) is 55.0 Å². The molecule has 17 heavy (non-hydrogen) atoms. The van der Waals surface area contributed by atoms with E-state index in [1.807, 2.05) is 12.3 Å². The van der Waals surface area contributed by atoms with Gasteiger partial charge in [-0.15, -0.1) is 11.3 Å². The second-order valence-electron chi connectivity index (χ2n) is 4.18. The van der Waals surface area contributed by atoms with Crippen LogP contribution in [-0.4, -0.2) is 23.1 Å². The monoisotopic (exact) mass is 266 g/mol. The molecule has 2 aromatic rings. The van der Waals surface area contributed by atoms with Crippen LogP contribution in [0.5, 0.6) is 0 Å². The van der Waals surface area contributed by atoms with Gasteiger partial charge in [-0.3, -0.25) is 0 Å². The maximum atomic E-state index is 5.68. The number of anilines is 2. The predicted octanol–water partition coefficient (Wildman–Crippen LogP) is 2.76.